The average molecular weight is 490 g/mol. The third kappa shape index (κ3) is 3.75. The zero-order chi connectivity index (χ0) is 24.9. The van der Waals surface area contributed by atoms with Crippen LogP contribution in [0.1, 0.15) is 0 Å². The van der Waals surface area contributed by atoms with Gasteiger partial charge in [-0.1, -0.05) is 18.2 Å². The van der Waals surface area contributed by atoms with Crippen LogP contribution in [0.4, 0.5) is 65.9 Å². The number of halogens is 15. The maximum Gasteiger partial charge on any atom is 0.460 e. The van der Waals surface area contributed by atoms with Crippen LogP contribution < -0.4 is 4.74 Å². The lowest BCUT2D eigenvalue weighted by molar-refractivity contribution is -0.450. The molecule has 1 rings (SSSR count). The Morgan fingerprint density at radius 2 is 0.903 bits per heavy atom. The van der Waals surface area contributed by atoms with Crippen LogP contribution in [-0.2, 0) is 4.79 Å². The molecule has 0 aromatic heterocycles. The molecule has 0 aliphatic heterocycles. The lowest BCUT2D eigenvalue weighted by Gasteiger charge is -2.40. The van der Waals surface area contributed by atoms with E-state index in [0.29, 0.717) is 12.1 Å². The second kappa shape index (κ2) is 7.36. The minimum absolute atomic E-state index is 0.580. The molecular formula is C14H5F15O2. The lowest BCUT2D eigenvalue weighted by Crippen LogP contribution is -2.73. The van der Waals surface area contributed by atoms with E-state index in [-0.39, 0.29) is 0 Å². The molecule has 0 N–H and O–H groups in total. The van der Waals surface area contributed by atoms with E-state index in [4.69, 9.17) is 0 Å². The van der Waals surface area contributed by atoms with Crippen LogP contribution in [0.15, 0.2) is 30.3 Å². The molecule has 2 nitrogen and oxygen atoms in total. The highest BCUT2D eigenvalue weighted by atomic mass is 19.4. The quantitative estimate of drug-likeness (QED) is 0.268. The molecule has 0 saturated heterocycles. The van der Waals surface area contributed by atoms with Crippen molar-refractivity contribution in [1.29, 1.82) is 0 Å². The fourth-order valence-corrected chi connectivity index (χ4v) is 1.75. The predicted molar refractivity (Wildman–Crippen MR) is 67.8 cm³/mol. The molecule has 0 spiro atoms. The van der Waals surface area contributed by atoms with Gasteiger partial charge in [-0.3, -0.25) is 0 Å². The number of hydrogen-bond donors (Lipinski definition) is 0. The summed E-state index contributed by atoms with van der Waals surface area (Å²) in [5.41, 5.74) is 0. The van der Waals surface area contributed by atoms with E-state index in [1.165, 1.54) is 0 Å². The van der Waals surface area contributed by atoms with Gasteiger partial charge in [0.05, 0.1) is 0 Å². The summed E-state index contributed by atoms with van der Waals surface area (Å²) in [6, 6.07) is 4.10. The standard InChI is InChI=1S/C14H5F15O2/c15-8(16,7(30)31-6-4-2-1-3-5-6)9(17,18)10(19,20)11(21,22)12(23,24)13(25,26)14(27,28)29/h1-5H. The first-order valence-corrected chi connectivity index (χ1v) is 7.11. The molecule has 0 bridgehead atoms. The van der Waals surface area contributed by atoms with Crippen molar-refractivity contribution in [2.24, 2.45) is 0 Å². The third-order valence-corrected chi connectivity index (χ3v) is 3.54. The minimum atomic E-state index is -8.46. The van der Waals surface area contributed by atoms with Gasteiger partial charge in [-0.25, -0.2) is 4.79 Å². The van der Waals surface area contributed by atoms with Gasteiger partial charge in [0.2, 0.25) is 0 Å². The minimum Gasteiger partial charge on any atom is -0.422 e. The van der Waals surface area contributed by atoms with E-state index < -0.39 is 53.4 Å². The van der Waals surface area contributed by atoms with Gasteiger partial charge in [0.25, 0.3) is 0 Å². The molecule has 0 radical (unpaired) electrons. The predicted octanol–water partition coefficient (Wildman–Crippen LogP) is 5.97. The maximum absolute atomic E-state index is 13.5. The summed E-state index contributed by atoms with van der Waals surface area (Å²) in [5, 5.41) is 0. The highest BCUT2D eigenvalue weighted by Gasteiger charge is 2.94. The normalized spacial score (nSPS) is 15.1. The second-order valence-corrected chi connectivity index (χ2v) is 5.65. The summed E-state index contributed by atoms with van der Waals surface area (Å²) < 4.78 is 198. The Balaban J connectivity index is 3.48. The Morgan fingerprint density at radius 3 is 1.29 bits per heavy atom. The number of para-hydroxylation sites is 1. The average Bonchev–Trinajstić information content (AvgIpc) is 2.60. The van der Waals surface area contributed by atoms with Crippen LogP contribution >= 0.6 is 0 Å². The van der Waals surface area contributed by atoms with Crippen LogP contribution in [0.25, 0.3) is 0 Å². The summed E-state index contributed by atoms with van der Waals surface area (Å²) in [7, 11) is 0. The molecule has 0 heterocycles. The summed E-state index contributed by atoms with van der Waals surface area (Å²) in [4.78, 5) is 11.1. The lowest BCUT2D eigenvalue weighted by atomic mass is 9.91. The van der Waals surface area contributed by atoms with E-state index in [1.807, 2.05) is 0 Å². The van der Waals surface area contributed by atoms with Crippen molar-refractivity contribution in [2.45, 2.75) is 41.7 Å². The number of rotatable bonds is 7. The Labute approximate surface area is 160 Å². The monoisotopic (exact) mass is 490 g/mol. The summed E-state index contributed by atoms with van der Waals surface area (Å²) in [6.45, 7) is 0. The molecule has 0 atom stereocenters. The first kappa shape index (κ1) is 26.7. The smallest absolute Gasteiger partial charge is 0.422 e. The van der Waals surface area contributed by atoms with Crippen LogP contribution in [0.5, 0.6) is 5.75 Å². The Bertz CT molecular complexity index is 798. The van der Waals surface area contributed by atoms with Crippen molar-refractivity contribution in [2.75, 3.05) is 0 Å². The molecule has 178 valence electrons. The Kier molecular flexibility index (Phi) is 6.33. The molecule has 17 heteroatoms. The van der Waals surface area contributed by atoms with E-state index in [9.17, 15) is 70.7 Å². The van der Waals surface area contributed by atoms with Crippen LogP contribution in [0.2, 0.25) is 0 Å². The van der Waals surface area contributed by atoms with Gasteiger partial charge in [-0.2, -0.15) is 65.9 Å². The largest absolute Gasteiger partial charge is 0.460 e. The van der Waals surface area contributed by atoms with Crippen molar-refractivity contribution in [3.8, 4) is 5.75 Å². The van der Waals surface area contributed by atoms with Crippen molar-refractivity contribution >= 4 is 5.97 Å². The summed E-state index contributed by atoms with van der Waals surface area (Å²) in [6.07, 6.45) is -7.69. The highest BCUT2D eigenvalue weighted by molar-refractivity contribution is 5.81. The molecule has 0 fully saturated rings. The second-order valence-electron chi connectivity index (χ2n) is 5.65. The molecular weight excluding hydrogens is 485 g/mol. The molecule has 0 aliphatic rings. The zero-order valence-electron chi connectivity index (χ0n) is 13.9. The number of benzene rings is 1. The number of carbonyl (C=O) groups excluding carboxylic acids is 1. The molecule has 1 aromatic carbocycles. The van der Waals surface area contributed by atoms with Gasteiger partial charge in [-0.15, -0.1) is 0 Å². The van der Waals surface area contributed by atoms with Crippen molar-refractivity contribution < 1.29 is 75.4 Å². The Hall–Kier alpha value is -2.36. The van der Waals surface area contributed by atoms with Crippen molar-refractivity contribution in [3.05, 3.63) is 30.3 Å². The molecule has 31 heavy (non-hydrogen) atoms. The zero-order valence-corrected chi connectivity index (χ0v) is 13.9. The molecule has 1 aromatic rings. The van der Waals surface area contributed by atoms with Crippen molar-refractivity contribution in [3.63, 3.8) is 0 Å². The third-order valence-electron chi connectivity index (χ3n) is 3.54. The van der Waals surface area contributed by atoms with Gasteiger partial charge in [0, 0.05) is 0 Å². The van der Waals surface area contributed by atoms with Gasteiger partial charge in [0.1, 0.15) is 5.75 Å². The summed E-state index contributed by atoms with van der Waals surface area (Å²) in [5.74, 6) is -53.1. The molecule has 0 unspecified atom stereocenters. The molecule has 0 amide bonds. The topological polar surface area (TPSA) is 26.3 Å². The number of alkyl halides is 15. The highest BCUT2D eigenvalue weighted by Crippen LogP contribution is 2.62. The SMILES string of the molecule is O=C(Oc1ccccc1)C(F)(F)C(F)(F)C(F)(F)C(F)(F)C(F)(F)C(F)(F)C(F)(F)F. The number of carbonyl (C=O) groups is 1. The molecule has 0 aliphatic carbocycles. The van der Waals surface area contributed by atoms with Gasteiger partial charge in [-0.05, 0) is 12.1 Å². The van der Waals surface area contributed by atoms with Gasteiger partial charge in [0.15, 0.2) is 0 Å². The number of hydrogen-bond acceptors (Lipinski definition) is 2. The number of esters is 1. The van der Waals surface area contributed by atoms with Crippen LogP contribution in [0.3, 0.4) is 0 Å². The van der Waals surface area contributed by atoms with Gasteiger partial charge < -0.3 is 4.74 Å². The molecule has 0 saturated carbocycles. The first-order chi connectivity index (χ1) is 13.5. The van der Waals surface area contributed by atoms with E-state index in [1.54, 1.807) is 0 Å². The van der Waals surface area contributed by atoms with Crippen LogP contribution in [-0.4, -0.2) is 47.7 Å². The van der Waals surface area contributed by atoms with E-state index in [0.717, 1.165) is 18.2 Å². The van der Waals surface area contributed by atoms with Gasteiger partial charge >= 0.3 is 47.7 Å². The van der Waals surface area contributed by atoms with Crippen molar-refractivity contribution in [1.82, 2.24) is 0 Å². The maximum atomic E-state index is 13.5. The van der Waals surface area contributed by atoms with E-state index in [2.05, 4.69) is 4.74 Å². The van der Waals surface area contributed by atoms with E-state index >= 15 is 0 Å². The fraction of sp³-hybridized carbons (Fsp3) is 0.500. The Morgan fingerprint density at radius 1 is 0.548 bits per heavy atom. The summed E-state index contributed by atoms with van der Waals surface area (Å²) >= 11 is 0. The first-order valence-electron chi connectivity index (χ1n) is 7.11. The van der Waals surface area contributed by atoms with Crippen LogP contribution in [0, 0.1) is 0 Å². The fourth-order valence-electron chi connectivity index (χ4n) is 1.75. The number of ether oxygens (including phenoxy) is 1.